The number of H-pyrrole nitrogens is 1. The molecule has 3 N–H and O–H groups in total. The molecule has 0 fully saturated rings. The molecule has 8 nitrogen and oxygen atoms in total. The molecule has 0 saturated heterocycles. The number of aliphatic carboxylic acids is 1. The molecule has 0 bridgehead atoms. The number of fused-ring (bicyclic) bond motifs is 1. The SMILES string of the molecule is O=C(N[C@@H](Cc1c[nH]c2ccccc12)C(=O)[O-])/C(=C\c1ccco1)NC(=O)c1ccccc1. The average Bonchev–Trinajstić information content (AvgIpc) is 3.48. The zero-order valence-electron chi connectivity index (χ0n) is 17.4. The van der Waals surface area contributed by atoms with Crippen LogP contribution in [-0.2, 0) is 16.0 Å². The van der Waals surface area contributed by atoms with E-state index in [1.54, 1.807) is 48.7 Å². The van der Waals surface area contributed by atoms with Gasteiger partial charge in [0, 0.05) is 35.2 Å². The molecule has 2 amide bonds. The lowest BCUT2D eigenvalue weighted by atomic mass is 10.0. The van der Waals surface area contributed by atoms with Crippen molar-refractivity contribution in [2.45, 2.75) is 12.5 Å². The van der Waals surface area contributed by atoms with Crippen LogP contribution in [0.4, 0.5) is 0 Å². The molecule has 0 aliphatic heterocycles. The quantitative estimate of drug-likeness (QED) is 0.360. The van der Waals surface area contributed by atoms with Crippen LogP contribution in [0, 0.1) is 0 Å². The number of carbonyl (C=O) groups excluding carboxylic acids is 3. The number of amides is 2. The van der Waals surface area contributed by atoms with Crippen LogP contribution < -0.4 is 15.7 Å². The molecule has 1 atom stereocenters. The third-order valence-corrected chi connectivity index (χ3v) is 5.05. The van der Waals surface area contributed by atoms with E-state index in [1.807, 2.05) is 24.3 Å². The van der Waals surface area contributed by atoms with Crippen LogP contribution >= 0.6 is 0 Å². The number of aromatic amines is 1. The largest absolute Gasteiger partial charge is 0.548 e. The number of hydrogen-bond acceptors (Lipinski definition) is 5. The van der Waals surface area contributed by atoms with Crippen LogP contribution in [0.5, 0.6) is 0 Å². The van der Waals surface area contributed by atoms with Crippen LogP contribution in [0.3, 0.4) is 0 Å². The highest BCUT2D eigenvalue weighted by molar-refractivity contribution is 6.06. The third kappa shape index (κ3) is 5.19. The number of furan rings is 1. The van der Waals surface area contributed by atoms with Gasteiger partial charge in [-0.05, 0) is 35.9 Å². The van der Waals surface area contributed by atoms with E-state index in [4.69, 9.17) is 4.42 Å². The predicted octanol–water partition coefficient (Wildman–Crippen LogP) is 2.01. The molecule has 4 rings (SSSR count). The first kappa shape index (κ1) is 21.6. The van der Waals surface area contributed by atoms with Gasteiger partial charge in [0.2, 0.25) is 0 Å². The Bertz CT molecular complexity index is 1310. The second-order valence-corrected chi connectivity index (χ2v) is 7.30. The summed E-state index contributed by atoms with van der Waals surface area (Å²) in [6.45, 7) is 0. The Balaban J connectivity index is 1.56. The monoisotopic (exact) mass is 442 g/mol. The summed E-state index contributed by atoms with van der Waals surface area (Å²) in [6, 6.07) is 17.7. The normalized spacial score (nSPS) is 12.3. The number of nitrogens with one attached hydrogen (secondary N) is 3. The number of carboxylic acid groups (broad SMARTS) is 1. The Morgan fingerprint density at radius 3 is 2.48 bits per heavy atom. The van der Waals surface area contributed by atoms with E-state index in [-0.39, 0.29) is 12.1 Å². The maximum Gasteiger partial charge on any atom is 0.268 e. The van der Waals surface area contributed by atoms with Crippen LogP contribution in [0.25, 0.3) is 17.0 Å². The van der Waals surface area contributed by atoms with Gasteiger partial charge in [0.05, 0.1) is 18.3 Å². The highest BCUT2D eigenvalue weighted by Crippen LogP contribution is 2.19. The zero-order valence-corrected chi connectivity index (χ0v) is 17.4. The molecular formula is C25H20N3O5-. The molecule has 0 unspecified atom stereocenters. The molecule has 33 heavy (non-hydrogen) atoms. The molecule has 0 spiro atoms. The smallest absolute Gasteiger partial charge is 0.268 e. The van der Waals surface area contributed by atoms with Crippen LogP contribution in [0.2, 0.25) is 0 Å². The average molecular weight is 442 g/mol. The van der Waals surface area contributed by atoms with E-state index in [0.717, 1.165) is 10.9 Å². The van der Waals surface area contributed by atoms with E-state index < -0.39 is 23.8 Å². The number of para-hydroxylation sites is 1. The lowest BCUT2D eigenvalue weighted by molar-refractivity contribution is -0.308. The first-order valence-electron chi connectivity index (χ1n) is 10.2. The summed E-state index contributed by atoms with van der Waals surface area (Å²) in [6.07, 6.45) is 4.44. The van der Waals surface area contributed by atoms with Crippen LogP contribution in [0.15, 0.2) is 89.3 Å². The molecule has 0 aliphatic rings. The molecule has 0 aliphatic carbocycles. The number of carbonyl (C=O) groups is 3. The van der Waals surface area contributed by atoms with Gasteiger partial charge in [-0.3, -0.25) is 9.59 Å². The van der Waals surface area contributed by atoms with E-state index in [9.17, 15) is 19.5 Å². The van der Waals surface area contributed by atoms with Crippen LogP contribution in [-0.4, -0.2) is 28.8 Å². The topological polar surface area (TPSA) is 127 Å². The zero-order chi connectivity index (χ0) is 23.2. The lowest BCUT2D eigenvalue weighted by Crippen LogP contribution is -2.50. The van der Waals surface area contributed by atoms with Gasteiger partial charge in [-0.25, -0.2) is 0 Å². The summed E-state index contributed by atoms with van der Waals surface area (Å²) in [5.41, 5.74) is 1.74. The van der Waals surface area contributed by atoms with Gasteiger partial charge in [0.25, 0.3) is 11.8 Å². The fourth-order valence-electron chi connectivity index (χ4n) is 3.41. The molecule has 8 heteroatoms. The van der Waals surface area contributed by atoms with Gasteiger partial charge in [-0.15, -0.1) is 0 Å². The fraction of sp³-hybridized carbons (Fsp3) is 0.0800. The summed E-state index contributed by atoms with van der Waals surface area (Å²) < 4.78 is 5.25. The number of benzene rings is 2. The minimum absolute atomic E-state index is 0.00124. The maximum absolute atomic E-state index is 13.0. The Hall–Kier alpha value is -4.59. The Morgan fingerprint density at radius 1 is 1.00 bits per heavy atom. The van der Waals surface area contributed by atoms with Gasteiger partial charge >= 0.3 is 0 Å². The van der Waals surface area contributed by atoms with Crippen molar-refractivity contribution in [3.8, 4) is 0 Å². The first-order valence-corrected chi connectivity index (χ1v) is 10.2. The molecule has 4 aromatic rings. The van der Waals surface area contributed by atoms with Gasteiger partial charge in [0.15, 0.2) is 0 Å². The highest BCUT2D eigenvalue weighted by atomic mass is 16.4. The second kappa shape index (κ2) is 9.69. The molecule has 2 aromatic heterocycles. The lowest BCUT2D eigenvalue weighted by Gasteiger charge is -2.20. The summed E-state index contributed by atoms with van der Waals surface area (Å²) >= 11 is 0. The van der Waals surface area contributed by atoms with Crippen molar-refractivity contribution in [1.82, 2.24) is 15.6 Å². The van der Waals surface area contributed by atoms with Crippen molar-refractivity contribution in [3.05, 3.63) is 102 Å². The van der Waals surface area contributed by atoms with Crippen molar-refractivity contribution in [2.75, 3.05) is 0 Å². The molecule has 166 valence electrons. The minimum Gasteiger partial charge on any atom is -0.548 e. The summed E-state index contributed by atoms with van der Waals surface area (Å²) in [7, 11) is 0. The van der Waals surface area contributed by atoms with E-state index in [1.165, 1.54) is 12.3 Å². The van der Waals surface area contributed by atoms with Gasteiger partial charge < -0.3 is 29.9 Å². The number of rotatable bonds is 8. The van der Waals surface area contributed by atoms with Crippen LogP contribution in [0.1, 0.15) is 21.7 Å². The summed E-state index contributed by atoms with van der Waals surface area (Å²) in [5, 5.41) is 17.7. The van der Waals surface area contributed by atoms with E-state index in [0.29, 0.717) is 16.9 Å². The van der Waals surface area contributed by atoms with Crippen molar-refractivity contribution in [3.63, 3.8) is 0 Å². The van der Waals surface area contributed by atoms with E-state index >= 15 is 0 Å². The Labute approximate surface area is 188 Å². The first-order chi connectivity index (χ1) is 16.0. The fourth-order valence-corrected chi connectivity index (χ4v) is 3.41. The summed E-state index contributed by atoms with van der Waals surface area (Å²) in [5.74, 6) is -2.44. The maximum atomic E-state index is 13.0. The number of aromatic nitrogens is 1. The number of hydrogen-bond donors (Lipinski definition) is 3. The Kier molecular flexibility index (Phi) is 6.36. The summed E-state index contributed by atoms with van der Waals surface area (Å²) in [4.78, 5) is 40.5. The van der Waals surface area contributed by atoms with Crippen molar-refractivity contribution in [2.24, 2.45) is 0 Å². The standard InChI is InChI=1S/C25H21N3O5/c29-23(16-7-2-1-3-8-16)27-21(14-18-9-6-12-33-18)24(30)28-22(25(31)32)13-17-15-26-20-11-5-4-10-19(17)20/h1-12,14-15,22,26H,13H2,(H,27,29)(H,28,30)(H,31,32)/p-1/b21-14+/t22-/m0/s1. The molecule has 0 radical (unpaired) electrons. The third-order valence-electron chi connectivity index (χ3n) is 5.05. The second-order valence-electron chi connectivity index (χ2n) is 7.30. The van der Waals surface area contributed by atoms with Crippen molar-refractivity contribution < 1.29 is 23.9 Å². The Morgan fingerprint density at radius 2 is 1.76 bits per heavy atom. The van der Waals surface area contributed by atoms with Gasteiger partial charge in [-0.2, -0.15) is 0 Å². The minimum atomic E-state index is -1.44. The van der Waals surface area contributed by atoms with Crippen molar-refractivity contribution >= 4 is 34.8 Å². The number of carboxylic acids is 1. The molecule has 2 heterocycles. The highest BCUT2D eigenvalue weighted by Gasteiger charge is 2.21. The van der Waals surface area contributed by atoms with Gasteiger partial charge in [-0.1, -0.05) is 36.4 Å². The predicted molar refractivity (Wildman–Crippen MR) is 120 cm³/mol. The van der Waals surface area contributed by atoms with E-state index in [2.05, 4.69) is 15.6 Å². The van der Waals surface area contributed by atoms with Crippen molar-refractivity contribution in [1.29, 1.82) is 0 Å². The van der Waals surface area contributed by atoms with Gasteiger partial charge in [0.1, 0.15) is 11.5 Å². The molecule has 0 saturated carbocycles. The molecular weight excluding hydrogens is 422 g/mol. The molecule has 2 aromatic carbocycles.